The van der Waals surface area contributed by atoms with Crippen LogP contribution in [0.1, 0.15) is 37.8 Å². The van der Waals surface area contributed by atoms with E-state index >= 15 is 0 Å². The summed E-state index contributed by atoms with van der Waals surface area (Å²) < 4.78 is 0. The Balaban J connectivity index is 1.69. The SMILES string of the molecule is CCCN1CCC[C@@H]1c1ccc(N2CCNCC2)nc1. The van der Waals surface area contributed by atoms with Crippen LogP contribution in [0.2, 0.25) is 0 Å². The topological polar surface area (TPSA) is 31.4 Å². The first-order valence-corrected chi connectivity index (χ1v) is 8.04. The maximum absolute atomic E-state index is 4.71. The highest BCUT2D eigenvalue weighted by Gasteiger charge is 2.25. The number of aromatic nitrogens is 1. The lowest BCUT2D eigenvalue weighted by Gasteiger charge is -2.29. The minimum Gasteiger partial charge on any atom is -0.354 e. The Morgan fingerprint density at radius 2 is 2.10 bits per heavy atom. The van der Waals surface area contributed by atoms with Crippen molar-refractivity contribution in [1.29, 1.82) is 0 Å². The van der Waals surface area contributed by atoms with E-state index in [2.05, 4.69) is 40.4 Å². The lowest BCUT2D eigenvalue weighted by molar-refractivity contribution is 0.257. The van der Waals surface area contributed by atoms with Crippen LogP contribution in [0.5, 0.6) is 0 Å². The molecule has 0 aliphatic carbocycles. The van der Waals surface area contributed by atoms with Crippen LogP contribution in [0.25, 0.3) is 0 Å². The standard InChI is InChI=1S/C16H26N4/c1-2-9-19-10-3-4-15(19)14-5-6-16(18-13-14)20-11-7-17-8-12-20/h5-6,13,15,17H,2-4,7-12H2,1H3/t15-/m1/s1. The van der Waals surface area contributed by atoms with Gasteiger partial charge in [0.25, 0.3) is 0 Å². The molecule has 0 unspecified atom stereocenters. The number of hydrogen-bond donors (Lipinski definition) is 1. The fourth-order valence-corrected chi connectivity index (χ4v) is 3.43. The van der Waals surface area contributed by atoms with Gasteiger partial charge in [-0.3, -0.25) is 4.90 Å². The highest BCUT2D eigenvalue weighted by atomic mass is 15.2. The number of nitrogens with zero attached hydrogens (tertiary/aromatic N) is 3. The highest BCUT2D eigenvalue weighted by Crippen LogP contribution is 2.32. The van der Waals surface area contributed by atoms with Gasteiger partial charge in [0.2, 0.25) is 0 Å². The molecule has 0 aromatic carbocycles. The largest absolute Gasteiger partial charge is 0.354 e. The summed E-state index contributed by atoms with van der Waals surface area (Å²) in [5.41, 5.74) is 1.40. The van der Waals surface area contributed by atoms with Crippen LogP contribution in [0.15, 0.2) is 18.3 Å². The zero-order valence-electron chi connectivity index (χ0n) is 12.5. The summed E-state index contributed by atoms with van der Waals surface area (Å²) in [6.07, 6.45) is 5.96. The third-order valence-corrected chi connectivity index (χ3v) is 4.47. The van der Waals surface area contributed by atoms with Crippen molar-refractivity contribution >= 4 is 5.82 Å². The molecule has 2 saturated heterocycles. The van der Waals surface area contributed by atoms with Crippen molar-refractivity contribution in [2.45, 2.75) is 32.2 Å². The van der Waals surface area contributed by atoms with Gasteiger partial charge in [0.1, 0.15) is 5.82 Å². The Hall–Kier alpha value is -1.13. The van der Waals surface area contributed by atoms with Gasteiger partial charge in [-0.15, -0.1) is 0 Å². The molecule has 4 nitrogen and oxygen atoms in total. The zero-order chi connectivity index (χ0) is 13.8. The quantitative estimate of drug-likeness (QED) is 0.910. The summed E-state index contributed by atoms with van der Waals surface area (Å²) in [7, 11) is 0. The van der Waals surface area contributed by atoms with Gasteiger partial charge in [-0.2, -0.15) is 0 Å². The van der Waals surface area contributed by atoms with E-state index in [4.69, 9.17) is 4.98 Å². The van der Waals surface area contributed by atoms with Crippen LogP contribution in [-0.2, 0) is 0 Å². The van der Waals surface area contributed by atoms with Crippen molar-refractivity contribution in [3.05, 3.63) is 23.9 Å². The van der Waals surface area contributed by atoms with E-state index in [9.17, 15) is 0 Å². The Bertz CT molecular complexity index is 411. The van der Waals surface area contributed by atoms with E-state index in [-0.39, 0.29) is 0 Å². The predicted octanol–water partition coefficient (Wildman–Crippen LogP) is 2.04. The summed E-state index contributed by atoms with van der Waals surface area (Å²) in [5, 5.41) is 3.38. The second kappa shape index (κ2) is 6.55. The predicted molar refractivity (Wildman–Crippen MR) is 83.2 cm³/mol. The fraction of sp³-hybridized carbons (Fsp3) is 0.688. The van der Waals surface area contributed by atoms with Gasteiger partial charge in [-0.1, -0.05) is 13.0 Å². The fourth-order valence-electron chi connectivity index (χ4n) is 3.43. The van der Waals surface area contributed by atoms with E-state index in [1.54, 1.807) is 0 Å². The van der Waals surface area contributed by atoms with Gasteiger partial charge in [0.05, 0.1) is 0 Å². The van der Waals surface area contributed by atoms with Crippen molar-refractivity contribution in [3.8, 4) is 0 Å². The maximum atomic E-state index is 4.71. The molecule has 1 aromatic rings. The molecule has 1 aromatic heterocycles. The molecule has 0 radical (unpaired) electrons. The molecule has 110 valence electrons. The number of likely N-dealkylation sites (tertiary alicyclic amines) is 1. The molecule has 3 heterocycles. The number of anilines is 1. The highest BCUT2D eigenvalue weighted by molar-refractivity contribution is 5.40. The molecule has 2 fully saturated rings. The van der Waals surface area contributed by atoms with Crippen molar-refractivity contribution in [1.82, 2.24) is 15.2 Å². The van der Waals surface area contributed by atoms with Crippen molar-refractivity contribution < 1.29 is 0 Å². The minimum atomic E-state index is 0.597. The van der Waals surface area contributed by atoms with Crippen LogP contribution < -0.4 is 10.2 Å². The van der Waals surface area contributed by atoms with Crippen LogP contribution in [0.3, 0.4) is 0 Å². The minimum absolute atomic E-state index is 0.597. The van der Waals surface area contributed by atoms with Crippen molar-refractivity contribution in [2.75, 3.05) is 44.2 Å². The van der Waals surface area contributed by atoms with Gasteiger partial charge in [-0.25, -0.2) is 4.98 Å². The Morgan fingerprint density at radius 3 is 2.80 bits per heavy atom. The summed E-state index contributed by atoms with van der Waals surface area (Å²) in [6, 6.07) is 5.10. The van der Waals surface area contributed by atoms with Gasteiger partial charge < -0.3 is 10.2 Å². The molecular weight excluding hydrogens is 248 g/mol. The maximum Gasteiger partial charge on any atom is 0.128 e. The normalized spacial score (nSPS) is 24.2. The van der Waals surface area contributed by atoms with Crippen LogP contribution in [0.4, 0.5) is 5.82 Å². The van der Waals surface area contributed by atoms with Gasteiger partial charge in [0, 0.05) is 38.4 Å². The first kappa shape index (κ1) is 13.8. The summed E-state index contributed by atoms with van der Waals surface area (Å²) in [4.78, 5) is 9.70. The number of pyridine rings is 1. The molecule has 0 amide bonds. The smallest absolute Gasteiger partial charge is 0.128 e. The molecule has 1 atom stereocenters. The van der Waals surface area contributed by atoms with Crippen molar-refractivity contribution in [3.63, 3.8) is 0 Å². The van der Waals surface area contributed by atoms with Gasteiger partial charge >= 0.3 is 0 Å². The van der Waals surface area contributed by atoms with Crippen LogP contribution in [0, 0.1) is 0 Å². The number of rotatable bonds is 4. The molecular formula is C16H26N4. The molecule has 0 spiro atoms. The molecule has 4 heteroatoms. The van der Waals surface area contributed by atoms with Crippen molar-refractivity contribution in [2.24, 2.45) is 0 Å². The molecule has 2 aliphatic heterocycles. The van der Waals surface area contributed by atoms with E-state index in [0.29, 0.717) is 6.04 Å². The zero-order valence-corrected chi connectivity index (χ0v) is 12.5. The second-order valence-corrected chi connectivity index (χ2v) is 5.88. The Kier molecular flexibility index (Phi) is 4.53. The first-order chi connectivity index (χ1) is 9.88. The van der Waals surface area contributed by atoms with Gasteiger partial charge in [0.15, 0.2) is 0 Å². The lowest BCUT2D eigenvalue weighted by Crippen LogP contribution is -2.43. The molecule has 2 aliphatic rings. The molecule has 20 heavy (non-hydrogen) atoms. The average molecular weight is 274 g/mol. The van der Waals surface area contributed by atoms with E-state index in [1.165, 1.54) is 37.9 Å². The molecule has 0 bridgehead atoms. The molecule has 3 rings (SSSR count). The third kappa shape index (κ3) is 2.96. The summed E-state index contributed by atoms with van der Waals surface area (Å²) in [5.74, 6) is 1.13. The third-order valence-electron chi connectivity index (χ3n) is 4.47. The monoisotopic (exact) mass is 274 g/mol. The lowest BCUT2D eigenvalue weighted by atomic mass is 10.1. The van der Waals surface area contributed by atoms with E-state index in [0.717, 1.165) is 32.0 Å². The molecule has 1 N–H and O–H groups in total. The summed E-state index contributed by atoms with van der Waals surface area (Å²) in [6.45, 7) is 8.99. The van der Waals surface area contributed by atoms with Crippen LogP contribution >= 0.6 is 0 Å². The average Bonchev–Trinajstić information content (AvgIpc) is 2.97. The Morgan fingerprint density at radius 1 is 1.25 bits per heavy atom. The van der Waals surface area contributed by atoms with Gasteiger partial charge in [-0.05, 0) is 44.0 Å². The first-order valence-electron chi connectivity index (χ1n) is 8.04. The van der Waals surface area contributed by atoms with E-state index in [1.807, 2.05) is 0 Å². The second-order valence-electron chi connectivity index (χ2n) is 5.88. The summed E-state index contributed by atoms with van der Waals surface area (Å²) >= 11 is 0. The number of piperazine rings is 1. The number of hydrogen-bond acceptors (Lipinski definition) is 4. The molecule has 0 saturated carbocycles. The number of nitrogens with one attached hydrogen (secondary N) is 1. The van der Waals surface area contributed by atoms with Crippen LogP contribution in [-0.4, -0.2) is 49.2 Å². The van der Waals surface area contributed by atoms with E-state index < -0.39 is 0 Å². The Labute approximate surface area is 122 Å².